The number of aliphatic hydroxyl groups is 1. The highest BCUT2D eigenvalue weighted by Gasteiger charge is 2.21. The number of amides is 1. The Kier molecular flexibility index (Phi) is 4.78. The fraction of sp³-hybridized carbons (Fsp3) is 0.417. The largest absolute Gasteiger partial charge is 0.482 e. The monoisotopic (exact) mass is 316 g/mol. The van der Waals surface area contributed by atoms with Crippen LogP contribution in [0.15, 0.2) is 23.1 Å². The molecule has 1 aromatic rings. The number of anilines is 1. The lowest BCUT2D eigenvalue weighted by Crippen LogP contribution is -2.34. The Morgan fingerprint density at radius 3 is 3.00 bits per heavy atom. The first-order valence-electron chi connectivity index (χ1n) is 6.16. The number of hydrogen-bond donors (Lipinski definition) is 3. The van der Waals surface area contributed by atoms with E-state index in [0.717, 1.165) is 0 Å². The zero-order valence-corrected chi connectivity index (χ0v) is 12.1. The summed E-state index contributed by atoms with van der Waals surface area (Å²) in [6.45, 7) is -0.243. The van der Waals surface area contributed by atoms with Crippen molar-refractivity contribution in [2.75, 3.05) is 32.2 Å². The van der Waals surface area contributed by atoms with E-state index in [9.17, 15) is 18.3 Å². The lowest BCUT2D eigenvalue weighted by molar-refractivity contribution is -0.118. The smallest absolute Gasteiger partial charge is 0.262 e. The summed E-state index contributed by atoms with van der Waals surface area (Å²) in [4.78, 5) is 11.2. The van der Waals surface area contributed by atoms with Crippen molar-refractivity contribution in [3.63, 3.8) is 0 Å². The van der Waals surface area contributed by atoms with E-state index in [4.69, 9.17) is 9.47 Å². The van der Waals surface area contributed by atoms with Crippen LogP contribution in [0.4, 0.5) is 5.69 Å². The maximum atomic E-state index is 12.1. The molecule has 9 heteroatoms. The number of rotatable bonds is 6. The van der Waals surface area contributed by atoms with Crippen molar-refractivity contribution >= 4 is 21.6 Å². The molecule has 0 bridgehead atoms. The van der Waals surface area contributed by atoms with Crippen LogP contribution in [0.25, 0.3) is 0 Å². The van der Waals surface area contributed by atoms with Gasteiger partial charge < -0.3 is 19.9 Å². The van der Waals surface area contributed by atoms with E-state index in [1.165, 1.54) is 25.3 Å². The van der Waals surface area contributed by atoms with Gasteiger partial charge in [0.1, 0.15) is 5.75 Å². The van der Waals surface area contributed by atoms with Gasteiger partial charge in [0.15, 0.2) is 6.61 Å². The van der Waals surface area contributed by atoms with Gasteiger partial charge in [-0.25, -0.2) is 13.1 Å². The van der Waals surface area contributed by atoms with Gasteiger partial charge in [-0.3, -0.25) is 4.79 Å². The van der Waals surface area contributed by atoms with E-state index < -0.39 is 16.1 Å². The van der Waals surface area contributed by atoms with Gasteiger partial charge in [0.25, 0.3) is 5.91 Å². The molecule has 0 radical (unpaired) electrons. The number of benzene rings is 1. The highest BCUT2D eigenvalue weighted by atomic mass is 32.2. The van der Waals surface area contributed by atoms with E-state index in [-0.39, 0.29) is 30.6 Å². The maximum absolute atomic E-state index is 12.1. The molecule has 0 aliphatic carbocycles. The standard InChI is InChI=1S/C12H16N2O6S/c1-19-6-8(15)5-13-21(17,18)9-2-3-11-10(4-9)14-12(16)7-20-11/h2-4,8,13,15H,5-7H2,1H3,(H,14,16)/t8-/m0/s1. The Labute approximate surface area is 122 Å². The number of hydrogen-bond acceptors (Lipinski definition) is 6. The van der Waals surface area contributed by atoms with E-state index in [0.29, 0.717) is 11.4 Å². The van der Waals surface area contributed by atoms with Crippen molar-refractivity contribution in [1.29, 1.82) is 0 Å². The van der Waals surface area contributed by atoms with Crippen LogP contribution in [0, 0.1) is 0 Å². The number of fused-ring (bicyclic) bond motifs is 1. The molecule has 1 heterocycles. The molecule has 1 amide bonds. The van der Waals surface area contributed by atoms with E-state index >= 15 is 0 Å². The fourth-order valence-corrected chi connectivity index (χ4v) is 2.87. The third-order valence-corrected chi connectivity index (χ3v) is 4.18. The molecule has 1 aliphatic rings. The molecule has 116 valence electrons. The second-order valence-corrected chi connectivity index (χ2v) is 6.22. The number of methoxy groups -OCH3 is 1. The van der Waals surface area contributed by atoms with Gasteiger partial charge in [-0.1, -0.05) is 0 Å². The summed E-state index contributed by atoms with van der Waals surface area (Å²) in [6.07, 6.45) is -0.939. The molecule has 8 nitrogen and oxygen atoms in total. The van der Waals surface area contributed by atoms with Gasteiger partial charge in [0.2, 0.25) is 10.0 Å². The van der Waals surface area contributed by atoms with Gasteiger partial charge in [-0.2, -0.15) is 0 Å². The lowest BCUT2D eigenvalue weighted by atomic mass is 10.2. The number of ether oxygens (including phenoxy) is 2. The molecule has 1 atom stereocenters. The molecule has 1 aromatic carbocycles. The Morgan fingerprint density at radius 2 is 2.29 bits per heavy atom. The van der Waals surface area contributed by atoms with Gasteiger partial charge in [0.05, 0.1) is 23.3 Å². The zero-order valence-electron chi connectivity index (χ0n) is 11.3. The topological polar surface area (TPSA) is 114 Å². The van der Waals surface area contributed by atoms with Gasteiger partial charge in [0, 0.05) is 13.7 Å². The lowest BCUT2D eigenvalue weighted by Gasteiger charge is -2.18. The number of carbonyl (C=O) groups is 1. The summed E-state index contributed by atoms with van der Waals surface area (Å²) >= 11 is 0. The van der Waals surface area contributed by atoms with Gasteiger partial charge in [-0.05, 0) is 18.2 Å². The van der Waals surface area contributed by atoms with Crippen LogP contribution >= 0.6 is 0 Å². The van der Waals surface area contributed by atoms with Gasteiger partial charge >= 0.3 is 0 Å². The predicted octanol–water partition coefficient (Wildman–Crippen LogP) is -0.697. The average molecular weight is 316 g/mol. The molecule has 2 rings (SSSR count). The van der Waals surface area contributed by atoms with Crippen LogP contribution in [0.3, 0.4) is 0 Å². The van der Waals surface area contributed by atoms with Crippen molar-refractivity contribution in [2.45, 2.75) is 11.0 Å². The first-order valence-corrected chi connectivity index (χ1v) is 7.64. The first kappa shape index (κ1) is 15.7. The van der Waals surface area contributed by atoms with Gasteiger partial charge in [-0.15, -0.1) is 0 Å². The molecule has 0 unspecified atom stereocenters. The Balaban J connectivity index is 2.13. The summed E-state index contributed by atoms with van der Waals surface area (Å²) < 4.78 is 36.3. The minimum Gasteiger partial charge on any atom is -0.482 e. The number of aliphatic hydroxyl groups excluding tert-OH is 1. The molecule has 21 heavy (non-hydrogen) atoms. The average Bonchev–Trinajstić information content (AvgIpc) is 2.45. The third kappa shape index (κ3) is 3.91. The highest BCUT2D eigenvalue weighted by Crippen LogP contribution is 2.29. The molecular weight excluding hydrogens is 300 g/mol. The molecule has 0 fully saturated rings. The normalized spacial score (nSPS) is 15.8. The van der Waals surface area contributed by atoms with E-state index in [1.54, 1.807) is 0 Å². The van der Waals surface area contributed by atoms with Crippen LogP contribution in [-0.2, 0) is 19.6 Å². The predicted molar refractivity (Wildman–Crippen MR) is 73.6 cm³/mol. The minimum atomic E-state index is -3.80. The molecule has 0 saturated carbocycles. The SMILES string of the molecule is COC[C@@H](O)CNS(=O)(=O)c1ccc2c(c1)NC(=O)CO2. The van der Waals surface area contributed by atoms with Crippen LogP contribution < -0.4 is 14.8 Å². The Hall–Kier alpha value is -1.68. The third-order valence-electron chi connectivity index (χ3n) is 2.76. The van der Waals surface area contributed by atoms with Crippen LogP contribution in [0.1, 0.15) is 0 Å². The molecule has 0 saturated heterocycles. The second-order valence-electron chi connectivity index (χ2n) is 4.46. The van der Waals surface area contributed by atoms with Crippen molar-refractivity contribution in [1.82, 2.24) is 4.72 Å². The minimum absolute atomic E-state index is 0.0244. The molecule has 0 spiro atoms. The summed E-state index contributed by atoms with van der Waals surface area (Å²) in [7, 11) is -2.39. The molecule has 3 N–H and O–H groups in total. The molecular formula is C12H16N2O6S. The molecule has 1 aliphatic heterocycles. The van der Waals surface area contributed by atoms with Crippen molar-refractivity contribution in [3.05, 3.63) is 18.2 Å². The summed E-state index contributed by atoms with van der Waals surface area (Å²) in [6, 6.07) is 4.13. The fourth-order valence-electron chi connectivity index (χ4n) is 1.77. The number of carbonyl (C=O) groups excluding carboxylic acids is 1. The Morgan fingerprint density at radius 1 is 1.52 bits per heavy atom. The van der Waals surface area contributed by atoms with Crippen molar-refractivity contribution in [2.24, 2.45) is 0 Å². The maximum Gasteiger partial charge on any atom is 0.262 e. The first-order chi connectivity index (χ1) is 9.92. The van der Waals surface area contributed by atoms with Crippen molar-refractivity contribution < 1.29 is 27.8 Å². The number of nitrogens with one attached hydrogen (secondary N) is 2. The highest BCUT2D eigenvalue weighted by molar-refractivity contribution is 7.89. The zero-order chi connectivity index (χ0) is 15.5. The van der Waals surface area contributed by atoms with Crippen LogP contribution in [0.2, 0.25) is 0 Å². The quantitative estimate of drug-likeness (QED) is 0.640. The molecule has 0 aromatic heterocycles. The van der Waals surface area contributed by atoms with Crippen molar-refractivity contribution in [3.8, 4) is 5.75 Å². The van der Waals surface area contributed by atoms with Crippen LogP contribution in [0.5, 0.6) is 5.75 Å². The Bertz CT molecular complexity index is 631. The summed E-state index contributed by atoms with van der Waals surface area (Å²) in [5.74, 6) is 0.0634. The van der Waals surface area contributed by atoms with E-state index in [2.05, 4.69) is 10.0 Å². The van der Waals surface area contributed by atoms with Crippen LogP contribution in [-0.4, -0.2) is 52.4 Å². The second kappa shape index (κ2) is 6.39. The van der Waals surface area contributed by atoms with E-state index in [1.807, 2.05) is 0 Å². The number of sulfonamides is 1. The summed E-state index contributed by atoms with van der Waals surface area (Å²) in [5, 5.41) is 12.0. The summed E-state index contributed by atoms with van der Waals surface area (Å²) in [5.41, 5.74) is 0.298.